The van der Waals surface area contributed by atoms with Crippen molar-refractivity contribution in [1.82, 2.24) is 0 Å². The second kappa shape index (κ2) is 6.63. The first-order valence-electron chi connectivity index (χ1n) is 7.57. The number of terminal acetylenes is 1. The number of anilines is 1. The van der Waals surface area contributed by atoms with Crippen LogP contribution in [0.2, 0.25) is 0 Å². The minimum Gasteiger partial charge on any atom is -0.396 e. The van der Waals surface area contributed by atoms with Crippen molar-refractivity contribution < 1.29 is 4.39 Å². The maximum absolute atomic E-state index is 14.5. The Morgan fingerprint density at radius 2 is 2.05 bits per heavy atom. The molecule has 0 aliphatic carbocycles. The number of nitrogens with two attached hydrogens (primary N) is 1. The van der Waals surface area contributed by atoms with Gasteiger partial charge in [0.15, 0.2) is 5.82 Å². The predicted molar refractivity (Wildman–Crippen MR) is 88.8 cm³/mol. The van der Waals surface area contributed by atoms with Gasteiger partial charge in [-0.2, -0.15) is 0 Å². The molecule has 2 rings (SSSR count). The number of fused-ring (bicyclic) bond motifs is 1. The molecule has 0 aliphatic rings. The molecular weight excluding hydrogens is 261 g/mol. The lowest BCUT2D eigenvalue weighted by molar-refractivity contribution is 0.593. The summed E-state index contributed by atoms with van der Waals surface area (Å²) in [5.41, 5.74) is 7.87. The third kappa shape index (κ3) is 3.03. The Morgan fingerprint density at radius 1 is 1.29 bits per heavy atom. The average molecular weight is 283 g/mol. The standard InChI is InChI=1S/C19H22FN/c1-4-6-7-9-13(3)16-12-17-14(5-2)10-8-11-15(17)18(20)19(16)21/h2,8,10-13H,4,6-7,9,21H2,1,3H3. The van der Waals surface area contributed by atoms with Gasteiger partial charge in [-0.05, 0) is 30.0 Å². The summed E-state index contributed by atoms with van der Waals surface area (Å²) < 4.78 is 14.5. The molecular formula is C19H22FN. The Bertz CT molecular complexity index is 682. The van der Waals surface area contributed by atoms with Crippen molar-refractivity contribution in [1.29, 1.82) is 0 Å². The van der Waals surface area contributed by atoms with Crippen LogP contribution in [0.25, 0.3) is 10.8 Å². The van der Waals surface area contributed by atoms with Crippen molar-refractivity contribution in [3.8, 4) is 12.3 Å². The van der Waals surface area contributed by atoms with Crippen LogP contribution in [0.1, 0.15) is 56.6 Å². The van der Waals surface area contributed by atoms with Gasteiger partial charge in [-0.15, -0.1) is 6.42 Å². The third-order valence-electron chi connectivity index (χ3n) is 4.12. The van der Waals surface area contributed by atoms with Gasteiger partial charge in [0, 0.05) is 16.3 Å². The van der Waals surface area contributed by atoms with E-state index in [1.54, 1.807) is 12.1 Å². The van der Waals surface area contributed by atoms with Crippen LogP contribution >= 0.6 is 0 Å². The predicted octanol–water partition coefficient (Wildman–Crippen LogP) is 5.23. The van der Waals surface area contributed by atoms with Gasteiger partial charge >= 0.3 is 0 Å². The summed E-state index contributed by atoms with van der Waals surface area (Å²) in [5.74, 6) is 2.52. The molecule has 2 aromatic rings. The van der Waals surface area contributed by atoms with Gasteiger partial charge in [0.1, 0.15) is 0 Å². The van der Waals surface area contributed by atoms with Crippen LogP contribution in [-0.4, -0.2) is 0 Å². The summed E-state index contributed by atoms with van der Waals surface area (Å²) in [6.07, 6.45) is 10.0. The molecule has 2 N–H and O–H groups in total. The molecule has 0 bridgehead atoms. The van der Waals surface area contributed by atoms with Crippen molar-refractivity contribution in [2.45, 2.75) is 45.4 Å². The van der Waals surface area contributed by atoms with E-state index < -0.39 is 0 Å². The first-order chi connectivity index (χ1) is 10.1. The molecule has 1 unspecified atom stereocenters. The monoisotopic (exact) mass is 283 g/mol. The number of nitrogen functional groups attached to an aromatic ring is 1. The largest absolute Gasteiger partial charge is 0.396 e. The molecule has 1 atom stereocenters. The smallest absolute Gasteiger partial charge is 0.154 e. The van der Waals surface area contributed by atoms with Crippen molar-refractivity contribution in [3.63, 3.8) is 0 Å². The highest BCUT2D eigenvalue weighted by Crippen LogP contribution is 2.34. The second-order valence-corrected chi connectivity index (χ2v) is 5.64. The first-order valence-corrected chi connectivity index (χ1v) is 7.57. The van der Waals surface area contributed by atoms with E-state index in [1.807, 2.05) is 12.1 Å². The van der Waals surface area contributed by atoms with Gasteiger partial charge in [0.25, 0.3) is 0 Å². The van der Waals surface area contributed by atoms with Gasteiger partial charge in [-0.1, -0.05) is 51.2 Å². The van der Waals surface area contributed by atoms with E-state index in [1.165, 1.54) is 12.8 Å². The molecule has 0 amide bonds. The van der Waals surface area contributed by atoms with Gasteiger partial charge in [-0.25, -0.2) is 4.39 Å². The van der Waals surface area contributed by atoms with E-state index in [4.69, 9.17) is 12.2 Å². The molecule has 21 heavy (non-hydrogen) atoms. The third-order valence-corrected chi connectivity index (χ3v) is 4.12. The van der Waals surface area contributed by atoms with Crippen molar-refractivity contribution in [2.75, 3.05) is 5.73 Å². The zero-order chi connectivity index (χ0) is 15.4. The number of hydrogen-bond acceptors (Lipinski definition) is 1. The van der Waals surface area contributed by atoms with E-state index >= 15 is 0 Å². The lowest BCUT2D eigenvalue weighted by atomic mass is 9.90. The van der Waals surface area contributed by atoms with Crippen LogP contribution in [-0.2, 0) is 0 Å². The highest BCUT2D eigenvalue weighted by atomic mass is 19.1. The maximum Gasteiger partial charge on any atom is 0.154 e. The average Bonchev–Trinajstić information content (AvgIpc) is 2.50. The quantitative estimate of drug-likeness (QED) is 0.454. The molecule has 2 aromatic carbocycles. The van der Waals surface area contributed by atoms with Crippen LogP contribution in [0.3, 0.4) is 0 Å². The topological polar surface area (TPSA) is 26.0 Å². The van der Waals surface area contributed by atoms with Gasteiger partial charge in [-0.3, -0.25) is 0 Å². The van der Waals surface area contributed by atoms with E-state index in [0.717, 1.165) is 23.8 Å². The molecule has 0 spiro atoms. The van der Waals surface area contributed by atoms with Crippen molar-refractivity contribution in [2.24, 2.45) is 0 Å². The maximum atomic E-state index is 14.5. The number of benzene rings is 2. The molecule has 0 aromatic heterocycles. The van der Waals surface area contributed by atoms with Crippen LogP contribution in [0, 0.1) is 18.2 Å². The van der Waals surface area contributed by atoms with Crippen molar-refractivity contribution >= 4 is 16.5 Å². The zero-order valence-electron chi connectivity index (χ0n) is 12.7. The fourth-order valence-electron chi connectivity index (χ4n) is 2.81. The van der Waals surface area contributed by atoms with Gasteiger partial charge in [0.05, 0.1) is 5.69 Å². The number of hydrogen-bond donors (Lipinski definition) is 1. The summed E-state index contributed by atoms with van der Waals surface area (Å²) in [6, 6.07) is 7.31. The van der Waals surface area contributed by atoms with Gasteiger partial charge in [0.2, 0.25) is 0 Å². The van der Waals surface area contributed by atoms with Crippen LogP contribution < -0.4 is 5.73 Å². The highest BCUT2D eigenvalue weighted by Gasteiger charge is 2.16. The SMILES string of the molecule is C#Cc1cccc2c(F)c(N)c(C(C)CCCCC)cc12. The minimum absolute atomic E-state index is 0.237. The molecule has 0 radical (unpaired) electrons. The lowest BCUT2D eigenvalue weighted by Gasteiger charge is -2.17. The number of rotatable bonds is 5. The van der Waals surface area contributed by atoms with E-state index in [-0.39, 0.29) is 17.4 Å². The first kappa shape index (κ1) is 15.4. The minimum atomic E-state index is -0.345. The Labute approximate surface area is 126 Å². The van der Waals surface area contributed by atoms with Gasteiger partial charge < -0.3 is 5.73 Å². The molecule has 2 heteroatoms. The molecule has 110 valence electrons. The van der Waals surface area contributed by atoms with E-state index in [0.29, 0.717) is 10.9 Å². The Kier molecular flexibility index (Phi) is 4.85. The summed E-state index contributed by atoms with van der Waals surface area (Å²) in [5, 5.41) is 1.29. The summed E-state index contributed by atoms with van der Waals surface area (Å²) in [6.45, 7) is 4.28. The summed E-state index contributed by atoms with van der Waals surface area (Å²) >= 11 is 0. The molecule has 0 fully saturated rings. The molecule has 0 saturated carbocycles. The van der Waals surface area contributed by atoms with Crippen LogP contribution in [0.4, 0.5) is 10.1 Å². The van der Waals surface area contributed by atoms with Crippen molar-refractivity contribution in [3.05, 3.63) is 41.2 Å². The molecule has 1 nitrogen and oxygen atoms in total. The number of halogens is 1. The Balaban J connectivity index is 2.50. The Morgan fingerprint density at radius 3 is 2.71 bits per heavy atom. The molecule has 0 heterocycles. The summed E-state index contributed by atoms with van der Waals surface area (Å²) in [4.78, 5) is 0. The summed E-state index contributed by atoms with van der Waals surface area (Å²) in [7, 11) is 0. The molecule has 0 saturated heterocycles. The second-order valence-electron chi connectivity index (χ2n) is 5.64. The zero-order valence-corrected chi connectivity index (χ0v) is 12.7. The fourth-order valence-corrected chi connectivity index (χ4v) is 2.81. The highest BCUT2D eigenvalue weighted by molar-refractivity contribution is 5.92. The Hall–Kier alpha value is -2.01. The van der Waals surface area contributed by atoms with E-state index in [2.05, 4.69) is 19.8 Å². The van der Waals surface area contributed by atoms with Crippen LogP contribution in [0.15, 0.2) is 24.3 Å². The molecule has 0 aliphatic heterocycles. The lowest BCUT2D eigenvalue weighted by Crippen LogP contribution is -2.04. The fraction of sp³-hybridized carbons (Fsp3) is 0.368. The van der Waals surface area contributed by atoms with Crippen LogP contribution in [0.5, 0.6) is 0 Å². The van der Waals surface area contributed by atoms with E-state index in [9.17, 15) is 4.39 Å². The number of unbranched alkanes of at least 4 members (excludes halogenated alkanes) is 2. The normalized spacial score (nSPS) is 12.3.